The van der Waals surface area contributed by atoms with Gasteiger partial charge in [-0.2, -0.15) is 0 Å². The van der Waals surface area contributed by atoms with Gasteiger partial charge in [-0.15, -0.1) is 10.2 Å². The van der Waals surface area contributed by atoms with Crippen LogP contribution < -0.4 is 5.73 Å². The molecule has 0 spiro atoms. The van der Waals surface area contributed by atoms with Gasteiger partial charge in [0.1, 0.15) is 0 Å². The van der Waals surface area contributed by atoms with Crippen molar-refractivity contribution < 1.29 is 9.21 Å². The Balaban J connectivity index is 2.06. The Hall–Kier alpha value is -2.95. The lowest BCUT2D eigenvalue weighted by molar-refractivity contribution is 0.100. The molecule has 2 N–H and O–H groups in total. The molecule has 0 bridgehead atoms. The first-order valence-corrected chi connectivity index (χ1v) is 6.86. The van der Waals surface area contributed by atoms with Crippen LogP contribution in [0.15, 0.2) is 46.9 Å². The fraction of sp³-hybridized carbons (Fsp3) is 0.118. The summed E-state index contributed by atoms with van der Waals surface area (Å²) in [6.45, 7) is 3.70. The molecule has 0 aliphatic carbocycles. The van der Waals surface area contributed by atoms with E-state index in [1.165, 1.54) is 0 Å². The topological polar surface area (TPSA) is 82.0 Å². The Kier molecular flexibility index (Phi) is 3.47. The number of nitrogens with zero attached hydrogens (tertiary/aromatic N) is 2. The van der Waals surface area contributed by atoms with Crippen LogP contribution in [0, 0.1) is 13.8 Å². The maximum absolute atomic E-state index is 11.6. The van der Waals surface area contributed by atoms with Crippen molar-refractivity contribution in [3.63, 3.8) is 0 Å². The lowest BCUT2D eigenvalue weighted by Crippen LogP contribution is -2.12. The van der Waals surface area contributed by atoms with E-state index in [0.717, 1.165) is 22.3 Å². The van der Waals surface area contributed by atoms with Crippen molar-refractivity contribution in [2.24, 2.45) is 5.73 Å². The first-order valence-electron chi connectivity index (χ1n) is 6.86. The number of rotatable bonds is 3. The molecular weight excluding hydrogens is 278 g/mol. The van der Waals surface area contributed by atoms with Crippen LogP contribution in [0.2, 0.25) is 0 Å². The van der Waals surface area contributed by atoms with E-state index in [9.17, 15) is 4.79 Å². The predicted molar refractivity (Wildman–Crippen MR) is 83.2 cm³/mol. The second kappa shape index (κ2) is 5.44. The molecule has 3 aromatic rings. The number of primary amides is 1. The standard InChI is InChI=1S/C17H15N3O2/c1-10-4-3-5-14(16(18)21)15(10)12-6-8-13(9-7-12)17-20-19-11(2)22-17/h3-9H,1-2H3,(H2,18,21). The first kappa shape index (κ1) is 14.0. The molecule has 1 heterocycles. The highest BCUT2D eigenvalue weighted by atomic mass is 16.4. The normalized spacial score (nSPS) is 10.6. The molecule has 0 saturated carbocycles. The number of aryl methyl sites for hydroxylation is 2. The number of nitrogens with two attached hydrogens (primary N) is 1. The van der Waals surface area contributed by atoms with Gasteiger partial charge in [0, 0.05) is 18.1 Å². The van der Waals surface area contributed by atoms with Crippen LogP contribution in [0.4, 0.5) is 0 Å². The molecule has 1 amide bonds. The van der Waals surface area contributed by atoms with Crippen molar-refractivity contribution in [2.75, 3.05) is 0 Å². The van der Waals surface area contributed by atoms with Gasteiger partial charge in [-0.1, -0.05) is 24.3 Å². The van der Waals surface area contributed by atoms with Gasteiger partial charge in [0.05, 0.1) is 0 Å². The minimum atomic E-state index is -0.435. The molecule has 0 aliphatic rings. The Morgan fingerprint density at radius 2 is 1.68 bits per heavy atom. The maximum Gasteiger partial charge on any atom is 0.249 e. The molecule has 22 heavy (non-hydrogen) atoms. The second-order valence-corrected chi connectivity index (χ2v) is 5.07. The molecule has 0 aliphatic heterocycles. The monoisotopic (exact) mass is 293 g/mol. The molecule has 3 rings (SSSR count). The summed E-state index contributed by atoms with van der Waals surface area (Å²) in [5.41, 5.74) is 9.59. The van der Waals surface area contributed by atoms with E-state index < -0.39 is 5.91 Å². The number of hydrogen-bond donors (Lipinski definition) is 1. The minimum absolute atomic E-state index is 0.435. The molecule has 2 aromatic carbocycles. The van der Waals surface area contributed by atoms with Crippen LogP contribution >= 0.6 is 0 Å². The number of carbonyl (C=O) groups is 1. The highest BCUT2D eigenvalue weighted by molar-refractivity contribution is 6.00. The molecule has 1 aromatic heterocycles. The molecule has 0 radical (unpaired) electrons. The number of hydrogen-bond acceptors (Lipinski definition) is 4. The molecule has 0 saturated heterocycles. The van der Waals surface area contributed by atoms with Gasteiger partial charge in [0.2, 0.25) is 17.7 Å². The van der Waals surface area contributed by atoms with Crippen LogP contribution in [0.3, 0.4) is 0 Å². The van der Waals surface area contributed by atoms with Gasteiger partial charge < -0.3 is 10.2 Å². The largest absolute Gasteiger partial charge is 0.421 e. The molecule has 5 nitrogen and oxygen atoms in total. The van der Waals surface area contributed by atoms with Gasteiger partial charge in [0.15, 0.2) is 0 Å². The molecule has 110 valence electrons. The van der Waals surface area contributed by atoms with Gasteiger partial charge in [0.25, 0.3) is 0 Å². The van der Waals surface area contributed by atoms with Gasteiger partial charge in [-0.05, 0) is 41.8 Å². The summed E-state index contributed by atoms with van der Waals surface area (Å²) in [5, 5.41) is 7.81. The van der Waals surface area contributed by atoms with Crippen molar-refractivity contribution in [3.8, 4) is 22.6 Å². The quantitative estimate of drug-likeness (QED) is 0.804. The summed E-state index contributed by atoms with van der Waals surface area (Å²) in [4.78, 5) is 11.6. The molecule has 5 heteroatoms. The fourth-order valence-electron chi connectivity index (χ4n) is 2.45. The predicted octanol–water partition coefficient (Wildman–Crippen LogP) is 3.12. The minimum Gasteiger partial charge on any atom is -0.421 e. The van der Waals surface area contributed by atoms with Crippen LogP contribution in [-0.4, -0.2) is 16.1 Å². The summed E-state index contributed by atoms with van der Waals surface area (Å²) < 4.78 is 5.40. The van der Waals surface area contributed by atoms with Gasteiger partial charge in [-0.25, -0.2) is 0 Å². The third-order valence-electron chi connectivity index (χ3n) is 3.48. The smallest absolute Gasteiger partial charge is 0.249 e. The molecule has 0 fully saturated rings. The van der Waals surface area contributed by atoms with Crippen molar-refractivity contribution >= 4 is 5.91 Å². The van der Waals surface area contributed by atoms with Crippen molar-refractivity contribution in [1.29, 1.82) is 0 Å². The average molecular weight is 293 g/mol. The van der Waals surface area contributed by atoms with Crippen LogP contribution in [0.25, 0.3) is 22.6 Å². The van der Waals surface area contributed by atoms with Crippen LogP contribution in [0.5, 0.6) is 0 Å². The fourth-order valence-corrected chi connectivity index (χ4v) is 2.45. The van der Waals surface area contributed by atoms with Crippen molar-refractivity contribution in [2.45, 2.75) is 13.8 Å². The zero-order valence-corrected chi connectivity index (χ0v) is 12.3. The van der Waals surface area contributed by atoms with E-state index >= 15 is 0 Å². The summed E-state index contributed by atoms with van der Waals surface area (Å²) in [7, 11) is 0. The lowest BCUT2D eigenvalue weighted by Gasteiger charge is -2.10. The van der Waals surface area contributed by atoms with E-state index in [1.807, 2.05) is 43.3 Å². The lowest BCUT2D eigenvalue weighted by atomic mass is 9.94. The Labute approximate surface area is 127 Å². The summed E-state index contributed by atoms with van der Waals surface area (Å²) in [5.74, 6) is 0.563. The highest BCUT2D eigenvalue weighted by Crippen LogP contribution is 2.29. The SMILES string of the molecule is Cc1nnc(-c2ccc(-c3c(C)cccc3C(N)=O)cc2)o1. The first-order chi connectivity index (χ1) is 10.6. The third-order valence-corrected chi connectivity index (χ3v) is 3.48. The highest BCUT2D eigenvalue weighted by Gasteiger charge is 2.13. The second-order valence-electron chi connectivity index (χ2n) is 5.07. The van der Waals surface area contributed by atoms with E-state index in [4.69, 9.17) is 10.2 Å². The Morgan fingerprint density at radius 1 is 1.00 bits per heavy atom. The maximum atomic E-state index is 11.6. The van der Waals surface area contributed by atoms with Gasteiger partial charge in [-0.3, -0.25) is 4.79 Å². The van der Waals surface area contributed by atoms with E-state index in [-0.39, 0.29) is 0 Å². The molecule has 0 unspecified atom stereocenters. The van der Waals surface area contributed by atoms with Crippen LogP contribution in [0.1, 0.15) is 21.8 Å². The zero-order valence-electron chi connectivity index (χ0n) is 12.3. The average Bonchev–Trinajstić information content (AvgIpc) is 2.94. The molecule has 0 atom stereocenters. The van der Waals surface area contributed by atoms with E-state index in [2.05, 4.69) is 10.2 Å². The summed E-state index contributed by atoms with van der Waals surface area (Å²) >= 11 is 0. The van der Waals surface area contributed by atoms with Gasteiger partial charge >= 0.3 is 0 Å². The van der Waals surface area contributed by atoms with E-state index in [1.54, 1.807) is 13.0 Å². The van der Waals surface area contributed by atoms with Crippen molar-refractivity contribution in [1.82, 2.24) is 10.2 Å². The summed E-state index contributed by atoms with van der Waals surface area (Å²) in [6, 6.07) is 13.1. The molecular formula is C17H15N3O2. The van der Waals surface area contributed by atoms with Crippen LogP contribution in [-0.2, 0) is 0 Å². The summed E-state index contributed by atoms with van der Waals surface area (Å²) in [6.07, 6.45) is 0. The van der Waals surface area contributed by atoms with Crippen molar-refractivity contribution in [3.05, 3.63) is 59.5 Å². The van der Waals surface area contributed by atoms with E-state index in [0.29, 0.717) is 17.3 Å². The number of amides is 1. The number of aromatic nitrogens is 2. The zero-order chi connectivity index (χ0) is 15.7. The third kappa shape index (κ3) is 2.48. The Bertz CT molecular complexity index is 835. The Morgan fingerprint density at radius 3 is 2.27 bits per heavy atom. The number of benzene rings is 2. The number of carbonyl (C=O) groups excluding carboxylic acids is 1.